The molecule has 0 saturated carbocycles. The van der Waals surface area contributed by atoms with Gasteiger partial charge in [0, 0.05) is 69.3 Å². The fraction of sp³-hybridized carbons (Fsp3) is 0.167. The van der Waals surface area contributed by atoms with Crippen molar-refractivity contribution in [1.82, 2.24) is 9.97 Å². The number of hydrogen-bond donors (Lipinski definition) is 0. The van der Waals surface area contributed by atoms with Crippen molar-refractivity contribution in [3.63, 3.8) is 0 Å². The van der Waals surface area contributed by atoms with Crippen LogP contribution in [-0.4, -0.2) is 9.97 Å². The van der Waals surface area contributed by atoms with Crippen molar-refractivity contribution in [3.05, 3.63) is 156 Å². The van der Waals surface area contributed by atoms with Crippen LogP contribution >= 0.6 is 0 Å². The summed E-state index contributed by atoms with van der Waals surface area (Å²) >= 11 is 0. The summed E-state index contributed by atoms with van der Waals surface area (Å²) in [6, 6.07) is 39.3. The summed E-state index contributed by atoms with van der Waals surface area (Å²) in [6.07, 6.45) is 0.644. The molecule has 0 amide bonds. The van der Waals surface area contributed by atoms with Crippen molar-refractivity contribution < 1.29 is 44.0 Å². The molecule has 4 aromatic heterocycles. The Bertz CT molecular complexity index is 3140. The first-order valence-electron chi connectivity index (χ1n) is 22.3. The van der Waals surface area contributed by atoms with Gasteiger partial charge in [-0.3, -0.25) is 0 Å². The minimum absolute atomic E-state index is 0. The maximum absolute atomic E-state index is 8.52. The molecule has 5 heteroatoms. The second kappa shape index (κ2) is 14.6. The predicted octanol–water partition coefficient (Wildman–Crippen LogP) is 13.1. The molecule has 0 bridgehead atoms. The summed E-state index contributed by atoms with van der Waals surface area (Å²) in [4.78, 5) is 8.57. The van der Waals surface area contributed by atoms with Crippen LogP contribution in [0.2, 0.25) is 0 Å². The standard InChI is InChI=1S/C30H18NO2.C18H22N.Ir/c1-18-12-15-26(31-17-18)25-10-5-9-24-23-8-4-7-20(29(23)33-30(24)25)19-13-14-22-21-6-2-3-11-27(21)32-28(22)16-19;1-13-6-8-15(9-7-13)17-10-16(11-18(3,4)5)14(2)12-19-17;/h2-9,11-17H,1H3;6-8,10,12H,11H2,1-5H3;/q2*-1;/i1D3;1D3,2D3,11D2;. The minimum Gasteiger partial charge on any atom is -0.500 e. The third-order valence-corrected chi connectivity index (χ3v) is 8.67. The molecule has 53 heavy (non-hydrogen) atoms. The fourth-order valence-electron chi connectivity index (χ4n) is 6.31. The molecular formula is C48H40IrN2O2-2. The number of nitrogens with zero attached hydrogens (tertiary/aromatic N) is 2. The van der Waals surface area contributed by atoms with E-state index in [4.69, 9.17) is 23.9 Å². The van der Waals surface area contributed by atoms with Crippen molar-refractivity contribution >= 4 is 43.9 Å². The first kappa shape index (κ1) is 24.8. The van der Waals surface area contributed by atoms with Crippen LogP contribution in [0.25, 0.3) is 77.5 Å². The van der Waals surface area contributed by atoms with Gasteiger partial charge in [0.15, 0.2) is 0 Å². The van der Waals surface area contributed by atoms with Gasteiger partial charge in [0.2, 0.25) is 0 Å². The van der Waals surface area contributed by atoms with E-state index in [1.165, 1.54) is 36.7 Å². The molecule has 0 fully saturated rings. The largest absolute Gasteiger partial charge is 0.500 e. The maximum atomic E-state index is 8.52. The van der Waals surface area contributed by atoms with E-state index >= 15 is 0 Å². The molecule has 1 radical (unpaired) electrons. The molecule has 0 unspecified atom stereocenters. The van der Waals surface area contributed by atoms with Gasteiger partial charge in [-0.15, -0.1) is 53.6 Å². The molecule has 265 valence electrons. The molecular weight excluding hydrogens is 829 g/mol. The summed E-state index contributed by atoms with van der Waals surface area (Å²) in [5, 5.41) is 4.11. The number of para-hydroxylation sites is 2. The zero-order valence-electron chi connectivity index (χ0n) is 40.1. The summed E-state index contributed by atoms with van der Waals surface area (Å²) in [6.45, 7) is -1.85. The Morgan fingerprint density at radius 3 is 2.25 bits per heavy atom. The fourth-order valence-corrected chi connectivity index (χ4v) is 6.31. The predicted molar refractivity (Wildman–Crippen MR) is 214 cm³/mol. The van der Waals surface area contributed by atoms with E-state index in [-0.39, 0.29) is 42.4 Å². The second-order valence-corrected chi connectivity index (χ2v) is 13.6. The van der Waals surface area contributed by atoms with Gasteiger partial charge in [0.05, 0.1) is 5.58 Å². The number of aryl methyl sites for hydroxylation is 3. The van der Waals surface area contributed by atoms with Crippen LogP contribution in [0, 0.1) is 38.1 Å². The summed E-state index contributed by atoms with van der Waals surface area (Å²) in [5.41, 5.74) is 6.59. The smallest absolute Gasteiger partial charge is 0.136 e. The maximum Gasteiger partial charge on any atom is 0.136 e. The van der Waals surface area contributed by atoms with E-state index in [0.717, 1.165) is 49.4 Å². The molecule has 9 rings (SSSR count). The van der Waals surface area contributed by atoms with Crippen molar-refractivity contribution in [2.75, 3.05) is 0 Å². The average molecular weight is 880 g/mol. The number of aromatic nitrogens is 2. The zero-order chi connectivity index (χ0) is 45.3. The first-order valence-corrected chi connectivity index (χ1v) is 16.8. The van der Waals surface area contributed by atoms with Gasteiger partial charge < -0.3 is 18.8 Å². The number of fused-ring (bicyclic) bond motifs is 6. The Morgan fingerprint density at radius 1 is 0.679 bits per heavy atom. The topological polar surface area (TPSA) is 52.1 Å². The van der Waals surface area contributed by atoms with Gasteiger partial charge in [-0.1, -0.05) is 105 Å². The molecule has 0 saturated heterocycles. The Kier molecular flexibility index (Phi) is 6.83. The zero-order valence-corrected chi connectivity index (χ0v) is 31.5. The van der Waals surface area contributed by atoms with Gasteiger partial charge in [-0.2, -0.15) is 0 Å². The number of rotatable bonds is 4. The Morgan fingerprint density at radius 2 is 1.47 bits per heavy atom. The number of hydrogen-bond acceptors (Lipinski definition) is 4. The molecule has 4 heterocycles. The van der Waals surface area contributed by atoms with Crippen LogP contribution in [0.5, 0.6) is 0 Å². The van der Waals surface area contributed by atoms with E-state index in [9.17, 15) is 0 Å². The van der Waals surface area contributed by atoms with Crippen molar-refractivity contribution in [2.45, 2.75) is 47.7 Å². The SMILES string of the molecule is [2H]C([2H])([2H])c1c[c-]c(-c2cc(C([2H])([2H])C(C)(C)C)c(C([2H])([2H])[2H])cn2)cc1.[2H]C([2H])([2H])c1ccc(-c2[c-]ccc3c2oc2c(-c4ccc5c(c4)oc4ccccc45)cccc23)nc1.[Ir]. The minimum atomic E-state index is -2.51. The molecule has 0 atom stereocenters. The van der Waals surface area contributed by atoms with Gasteiger partial charge in [-0.05, 0) is 71.8 Å². The third-order valence-electron chi connectivity index (χ3n) is 8.67. The molecule has 9 aromatic rings. The quantitative estimate of drug-likeness (QED) is 0.165. The molecule has 4 nitrogen and oxygen atoms in total. The molecule has 5 aromatic carbocycles. The number of pyridine rings is 2. The monoisotopic (exact) mass is 880 g/mol. The first-order chi connectivity index (χ1) is 29.5. The van der Waals surface area contributed by atoms with Crippen LogP contribution in [-0.2, 0) is 26.5 Å². The van der Waals surface area contributed by atoms with Crippen LogP contribution in [0.15, 0.2) is 130 Å². The van der Waals surface area contributed by atoms with Gasteiger partial charge in [0.1, 0.15) is 16.7 Å². The van der Waals surface area contributed by atoms with E-state index in [2.05, 4.69) is 46.4 Å². The van der Waals surface area contributed by atoms with Crippen LogP contribution in [0.3, 0.4) is 0 Å². The summed E-state index contributed by atoms with van der Waals surface area (Å²) < 4.78 is 97.9. The molecule has 0 aliphatic rings. The summed E-state index contributed by atoms with van der Waals surface area (Å²) in [7, 11) is 0. The van der Waals surface area contributed by atoms with E-state index in [0.29, 0.717) is 28.1 Å². The van der Waals surface area contributed by atoms with Crippen LogP contribution < -0.4 is 0 Å². The van der Waals surface area contributed by atoms with Gasteiger partial charge >= 0.3 is 0 Å². The Hall–Kier alpha value is -5.35. The van der Waals surface area contributed by atoms with E-state index in [1.807, 2.05) is 48.5 Å². The van der Waals surface area contributed by atoms with E-state index < -0.39 is 32.3 Å². The Balaban J connectivity index is 0.000000197. The average Bonchev–Trinajstić information content (AvgIpc) is 3.81. The van der Waals surface area contributed by atoms with Crippen molar-refractivity contribution in [2.24, 2.45) is 5.41 Å². The van der Waals surface area contributed by atoms with Gasteiger partial charge in [-0.25, -0.2) is 0 Å². The number of furan rings is 2. The molecule has 0 N–H and O–H groups in total. The normalized spacial score (nSPS) is 15.6. The van der Waals surface area contributed by atoms with Crippen LogP contribution in [0.4, 0.5) is 0 Å². The molecule has 0 aliphatic heterocycles. The molecule has 0 spiro atoms. The van der Waals surface area contributed by atoms with Gasteiger partial charge in [0.25, 0.3) is 0 Å². The number of benzene rings is 5. The van der Waals surface area contributed by atoms with Crippen LogP contribution in [0.1, 0.15) is 58.1 Å². The third kappa shape index (κ3) is 7.33. The second-order valence-electron chi connectivity index (χ2n) is 13.6. The van der Waals surface area contributed by atoms with Crippen molar-refractivity contribution in [3.8, 4) is 33.6 Å². The summed E-state index contributed by atoms with van der Waals surface area (Å²) in [5.74, 6) is 0. The molecule has 0 aliphatic carbocycles. The Labute approximate surface area is 339 Å². The van der Waals surface area contributed by atoms with E-state index in [1.54, 1.807) is 32.9 Å². The van der Waals surface area contributed by atoms with Crippen molar-refractivity contribution in [1.29, 1.82) is 0 Å².